The van der Waals surface area contributed by atoms with Gasteiger partial charge in [-0.15, -0.1) is 0 Å². The zero-order valence-electron chi connectivity index (χ0n) is 14.9. The molecular weight excluding hydrogens is 354 g/mol. The lowest BCUT2D eigenvalue weighted by Gasteiger charge is -2.19. The van der Waals surface area contributed by atoms with Crippen LogP contribution in [0.3, 0.4) is 0 Å². The van der Waals surface area contributed by atoms with Crippen molar-refractivity contribution in [1.29, 1.82) is 0 Å². The highest BCUT2D eigenvalue weighted by Crippen LogP contribution is 2.23. The highest BCUT2D eigenvalue weighted by atomic mass is 16.6. The first-order valence-corrected chi connectivity index (χ1v) is 8.06. The Bertz CT molecular complexity index is 1090. The summed E-state index contributed by atoms with van der Waals surface area (Å²) in [6, 6.07) is 6.01. The van der Waals surface area contributed by atoms with E-state index in [1.807, 2.05) is 0 Å². The summed E-state index contributed by atoms with van der Waals surface area (Å²) in [5.74, 6) is -0.572. The van der Waals surface area contributed by atoms with Crippen molar-refractivity contribution in [3.8, 4) is 5.69 Å². The van der Waals surface area contributed by atoms with Gasteiger partial charge in [-0.1, -0.05) is 12.1 Å². The molecule has 1 aromatic carbocycles. The maximum Gasteiger partial charge on any atom is 0.326 e. The molecule has 0 aliphatic carbocycles. The van der Waals surface area contributed by atoms with E-state index in [2.05, 4.69) is 10.1 Å². The number of para-hydroxylation sites is 2. The van der Waals surface area contributed by atoms with Crippen molar-refractivity contribution in [3.63, 3.8) is 0 Å². The van der Waals surface area contributed by atoms with E-state index in [0.29, 0.717) is 0 Å². The summed E-state index contributed by atoms with van der Waals surface area (Å²) in [5, 5.41) is 15.4. The summed E-state index contributed by atoms with van der Waals surface area (Å²) in [6.45, 7) is 4.89. The van der Waals surface area contributed by atoms with Crippen LogP contribution in [0.5, 0.6) is 0 Å². The second kappa shape index (κ2) is 6.63. The van der Waals surface area contributed by atoms with Crippen LogP contribution in [0, 0.1) is 10.1 Å². The fourth-order valence-corrected chi connectivity index (χ4v) is 2.55. The van der Waals surface area contributed by atoms with Crippen LogP contribution in [0.15, 0.2) is 41.6 Å². The molecule has 0 fully saturated rings. The van der Waals surface area contributed by atoms with Gasteiger partial charge in [0.05, 0.1) is 11.1 Å². The van der Waals surface area contributed by atoms with Gasteiger partial charge in [-0.3, -0.25) is 24.3 Å². The second-order valence-corrected chi connectivity index (χ2v) is 6.80. The predicted molar refractivity (Wildman–Crippen MR) is 95.6 cm³/mol. The monoisotopic (exact) mass is 371 g/mol. The van der Waals surface area contributed by atoms with Crippen LogP contribution in [0.1, 0.15) is 20.8 Å². The molecule has 0 radical (unpaired) electrons. The molecule has 3 aromatic rings. The number of rotatable bonds is 4. The van der Waals surface area contributed by atoms with E-state index in [9.17, 15) is 19.7 Å². The summed E-state index contributed by atoms with van der Waals surface area (Å²) in [5.41, 5.74) is -0.975. The van der Waals surface area contributed by atoms with Gasteiger partial charge >= 0.3 is 5.97 Å². The van der Waals surface area contributed by atoms with E-state index in [-0.39, 0.29) is 29.0 Å². The summed E-state index contributed by atoms with van der Waals surface area (Å²) in [7, 11) is 0. The number of nitrogens with zero attached hydrogens (tertiary/aromatic N) is 5. The van der Waals surface area contributed by atoms with Crippen LogP contribution < -0.4 is 5.56 Å². The van der Waals surface area contributed by atoms with Crippen LogP contribution in [-0.4, -0.2) is 35.8 Å². The number of hydrogen-bond donors (Lipinski definition) is 0. The molecule has 0 saturated carbocycles. The van der Waals surface area contributed by atoms with E-state index in [4.69, 9.17) is 4.74 Å². The number of ether oxygens (including phenoxy) is 1. The molecule has 0 bridgehead atoms. The van der Waals surface area contributed by atoms with Crippen molar-refractivity contribution >= 4 is 22.7 Å². The van der Waals surface area contributed by atoms with Crippen LogP contribution in [0.2, 0.25) is 0 Å². The van der Waals surface area contributed by atoms with Crippen molar-refractivity contribution in [2.45, 2.75) is 32.9 Å². The number of hydrogen-bond acceptors (Lipinski definition) is 7. The molecule has 0 spiro atoms. The van der Waals surface area contributed by atoms with Crippen molar-refractivity contribution in [2.75, 3.05) is 0 Å². The topological polar surface area (TPSA) is 122 Å². The first kappa shape index (κ1) is 18.2. The molecule has 0 saturated heterocycles. The number of benzene rings is 1. The van der Waals surface area contributed by atoms with Crippen molar-refractivity contribution < 1.29 is 14.5 Å². The molecule has 0 aliphatic rings. The van der Waals surface area contributed by atoms with Gasteiger partial charge in [-0.2, -0.15) is 5.10 Å². The molecule has 2 aromatic heterocycles. The molecule has 0 amide bonds. The van der Waals surface area contributed by atoms with Gasteiger partial charge in [-0.05, 0) is 26.8 Å². The van der Waals surface area contributed by atoms with Gasteiger partial charge in [0, 0.05) is 6.07 Å². The lowest BCUT2D eigenvalue weighted by atomic mass is 10.2. The van der Waals surface area contributed by atoms with Crippen molar-refractivity contribution in [1.82, 2.24) is 19.3 Å². The molecular formula is C17H17N5O5. The minimum atomic E-state index is -0.671. The Hall–Kier alpha value is -3.56. The predicted octanol–water partition coefficient (Wildman–Crippen LogP) is 1.83. The molecule has 10 heteroatoms. The molecule has 0 N–H and O–H groups in total. The number of nitro benzene ring substituents is 1. The third-order valence-electron chi connectivity index (χ3n) is 3.58. The zero-order valence-corrected chi connectivity index (χ0v) is 14.9. The SMILES string of the molecule is CC(C)(C)OC(=O)Cn1cnc2c(cnn2-c2ccccc2[N+](=O)[O-])c1=O. The Morgan fingerprint density at radius 1 is 1.30 bits per heavy atom. The minimum Gasteiger partial charge on any atom is -0.459 e. The Balaban J connectivity index is 2.03. The highest BCUT2D eigenvalue weighted by Gasteiger charge is 2.21. The standard InChI is InChI=1S/C17H17N5O5/c1-17(2,3)27-14(23)9-20-10-18-15-11(16(20)24)8-19-21(15)12-6-4-5-7-13(12)22(25)26/h4-8,10H,9H2,1-3H3. The molecule has 0 atom stereocenters. The minimum absolute atomic E-state index is 0.138. The van der Waals surface area contributed by atoms with Crippen LogP contribution >= 0.6 is 0 Å². The van der Waals surface area contributed by atoms with Crippen molar-refractivity contribution in [2.24, 2.45) is 0 Å². The van der Waals surface area contributed by atoms with E-state index < -0.39 is 22.1 Å². The van der Waals surface area contributed by atoms with Gasteiger partial charge in [0.2, 0.25) is 0 Å². The fourth-order valence-electron chi connectivity index (χ4n) is 2.55. The molecule has 10 nitrogen and oxygen atoms in total. The maximum absolute atomic E-state index is 12.6. The molecule has 140 valence electrons. The summed E-state index contributed by atoms with van der Waals surface area (Å²) >= 11 is 0. The largest absolute Gasteiger partial charge is 0.459 e. The Labute approximate surface area is 153 Å². The van der Waals surface area contributed by atoms with E-state index >= 15 is 0 Å². The van der Waals surface area contributed by atoms with Crippen LogP contribution in [0.25, 0.3) is 16.7 Å². The first-order valence-electron chi connectivity index (χ1n) is 8.06. The lowest BCUT2D eigenvalue weighted by Crippen LogP contribution is -2.30. The molecule has 27 heavy (non-hydrogen) atoms. The molecule has 2 heterocycles. The number of carbonyl (C=O) groups excluding carboxylic acids is 1. The van der Waals surface area contributed by atoms with Crippen molar-refractivity contribution in [3.05, 3.63) is 57.3 Å². The first-order chi connectivity index (χ1) is 12.7. The number of esters is 1. The second-order valence-electron chi connectivity index (χ2n) is 6.80. The average molecular weight is 371 g/mol. The quantitative estimate of drug-likeness (QED) is 0.389. The fraction of sp³-hybridized carbons (Fsp3) is 0.294. The normalized spacial score (nSPS) is 11.5. The van der Waals surface area contributed by atoms with Gasteiger partial charge in [0.15, 0.2) is 5.65 Å². The summed E-state index contributed by atoms with van der Waals surface area (Å²) in [6.07, 6.45) is 2.47. The summed E-state index contributed by atoms with van der Waals surface area (Å²) in [4.78, 5) is 39.4. The third kappa shape index (κ3) is 3.68. The smallest absolute Gasteiger partial charge is 0.326 e. The average Bonchev–Trinajstić information content (AvgIpc) is 3.00. The van der Waals surface area contributed by atoms with Crippen LogP contribution in [0.4, 0.5) is 5.69 Å². The molecule has 0 aliphatic heterocycles. The van der Waals surface area contributed by atoms with E-state index in [0.717, 1.165) is 4.57 Å². The Morgan fingerprint density at radius 3 is 2.67 bits per heavy atom. The number of nitro groups is 1. The number of fused-ring (bicyclic) bond motifs is 1. The Morgan fingerprint density at radius 2 is 2.00 bits per heavy atom. The maximum atomic E-state index is 12.6. The van der Waals surface area contributed by atoms with Gasteiger partial charge in [0.25, 0.3) is 11.2 Å². The van der Waals surface area contributed by atoms with Gasteiger partial charge in [0.1, 0.15) is 29.5 Å². The Kier molecular flexibility index (Phi) is 4.48. The summed E-state index contributed by atoms with van der Waals surface area (Å²) < 4.78 is 7.54. The van der Waals surface area contributed by atoms with E-state index in [1.54, 1.807) is 26.8 Å². The molecule has 0 unspecified atom stereocenters. The van der Waals surface area contributed by atoms with E-state index in [1.165, 1.54) is 35.4 Å². The highest BCUT2D eigenvalue weighted by molar-refractivity contribution is 5.77. The molecule has 3 rings (SSSR count). The third-order valence-corrected chi connectivity index (χ3v) is 3.58. The van der Waals surface area contributed by atoms with Crippen LogP contribution in [-0.2, 0) is 16.1 Å². The van der Waals surface area contributed by atoms with Gasteiger partial charge < -0.3 is 4.74 Å². The van der Waals surface area contributed by atoms with Gasteiger partial charge in [-0.25, -0.2) is 9.67 Å². The number of aromatic nitrogens is 4. The number of carbonyl (C=O) groups is 1. The zero-order chi connectivity index (χ0) is 19.8. The lowest BCUT2D eigenvalue weighted by molar-refractivity contribution is -0.384.